The summed E-state index contributed by atoms with van der Waals surface area (Å²) < 4.78 is 0. The van der Waals surface area contributed by atoms with Crippen LogP contribution >= 0.6 is 0 Å². The number of aryl methyl sites for hydroxylation is 1. The number of hydrogen-bond acceptors (Lipinski definition) is 4. The van der Waals surface area contributed by atoms with Gasteiger partial charge in [0.2, 0.25) is 0 Å². The molecule has 1 aromatic rings. The third kappa shape index (κ3) is 2.50. The summed E-state index contributed by atoms with van der Waals surface area (Å²) in [6, 6.07) is 11.4. The molecule has 0 spiro atoms. The van der Waals surface area contributed by atoms with Gasteiger partial charge in [0.25, 0.3) is 0 Å². The van der Waals surface area contributed by atoms with Gasteiger partial charge in [0.15, 0.2) is 0 Å². The Morgan fingerprint density at radius 3 is 2.25 bits per heavy atom. The molecule has 4 nitrogen and oxygen atoms in total. The Bertz CT molecular complexity index is 483. The Balaban J connectivity index is 3.16. The number of nitriles is 3. The highest BCUT2D eigenvalue weighted by Gasteiger charge is 2.10. The van der Waals surface area contributed by atoms with Gasteiger partial charge in [-0.3, -0.25) is 0 Å². The average molecular weight is 210 g/mol. The molecule has 0 aliphatic heterocycles. The van der Waals surface area contributed by atoms with Crippen molar-refractivity contribution in [1.29, 1.82) is 15.8 Å². The quantitative estimate of drug-likeness (QED) is 0.712. The molecule has 0 aromatic heterocycles. The van der Waals surface area contributed by atoms with Crippen LogP contribution in [0, 0.1) is 40.9 Å². The van der Waals surface area contributed by atoms with E-state index in [0.29, 0.717) is 11.3 Å². The highest BCUT2D eigenvalue weighted by molar-refractivity contribution is 5.61. The Labute approximate surface area is 94.6 Å². The van der Waals surface area contributed by atoms with Crippen molar-refractivity contribution in [2.75, 3.05) is 18.0 Å². The zero-order chi connectivity index (χ0) is 12.0. The molecule has 0 N–H and O–H groups in total. The van der Waals surface area contributed by atoms with Gasteiger partial charge in [-0.25, -0.2) is 0 Å². The van der Waals surface area contributed by atoms with Gasteiger partial charge in [-0.05, 0) is 24.6 Å². The van der Waals surface area contributed by atoms with Crippen LogP contribution in [-0.2, 0) is 0 Å². The summed E-state index contributed by atoms with van der Waals surface area (Å²) in [6.07, 6.45) is 0. The average Bonchev–Trinajstić information content (AvgIpc) is 2.28. The predicted molar refractivity (Wildman–Crippen MR) is 59.3 cm³/mol. The minimum absolute atomic E-state index is 0.102. The number of nitrogens with zero attached hydrogens (tertiary/aromatic N) is 4. The minimum Gasteiger partial charge on any atom is -0.344 e. The number of anilines is 1. The molecule has 0 saturated heterocycles. The van der Waals surface area contributed by atoms with E-state index in [1.165, 1.54) is 0 Å². The van der Waals surface area contributed by atoms with Crippen molar-refractivity contribution in [2.45, 2.75) is 6.92 Å². The monoisotopic (exact) mass is 210 g/mol. The largest absolute Gasteiger partial charge is 0.344 e. The topological polar surface area (TPSA) is 74.6 Å². The fraction of sp³-hybridized carbons (Fsp3) is 0.250. The molecule has 0 saturated carbocycles. The van der Waals surface area contributed by atoms with Crippen LogP contribution in [0.2, 0.25) is 0 Å². The van der Waals surface area contributed by atoms with E-state index in [-0.39, 0.29) is 13.1 Å². The molecule has 1 rings (SSSR count). The van der Waals surface area contributed by atoms with E-state index < -0.39 is 0 Å². The van der Waals surface area contributed by atoms with Crippen molar-refractivity contribution in [3.05, 3.63) is 29.3 Å². The van der Waals surface area contributed by atoms with Crippen LogP contribution in [0.15, 0.2) is 18.2 Å². The first-order chi connectivity index (χ1) is 7.72. The van der Waals surface area contributed by atoms with E-state index in [1.807, 2.05) is 25.1 Å². The summed E-state index contributed by atoms with van der Waals surface area (Å²) in [6.45, 7) is 2.10. The second-order valence-corrected chi connectivity index (χ2v) is 3.30. The van der Waals surface area contributed by atoms with Crippen molar-refractivity contribution < 1.29 is 0 Å². The second kappa shape index (κ2) is 5.39. The number of rotatable bonds is 3. The molecule has 0 unspecified atom stereocenters. The fourth-order valence-corrected chi connectivity index (χ4v) is 1.41. The van der Waals surface area contributed by atoms with Gasteiger partial charge in [0, 0.05) is 0 Å². The lowest BCUT2D eigenvalue weighted by Crippen LogP contribution is -2.24. The molecule has 4 heteroatoms. The molecule has 0 bridgehead atoms. The Hall–Kier alpha value is -2.51. The van der Waals surface area contributed by atoms with Crippen molar-refractivity contribution >= 4 is 5.69 Å². The lowest BCUT2D eigenvalue weighted by atomic mass is 10.1. The molecule has 78 valence electrons. The van der Waals surface area contributed by atoms with E-state index >= 15 is 0 Å². The van der Waals surface area contributed by atoms with E-state index in [4.69, 9.17) is 15.8 Å². The molecular weight excluding hydrogens is 200 g/mol. The van der Waals surface area contributed by atoms with Crippen LogP contribution in [0.25, 0.3) is 0 Å². The van der Waals surface area contributed by atoms with Crippen molar-refractivity contribution in [1.82, 2.24) is 0 Å². The maximum atomic E-state index is 8.99. The van der Waals surface area contributed by atoms with Gasteiger partial charge in [0.1, 0.15) is 19.2 Å². The smallest absolute Gasteiger partial charge is 0.107 e. The first-order valence-corrected chi connectivity index (χ1v) is 4.72. The Morgan fingerprint density at radius 1 is 1.12 bits per heavy atom. The lowest BCUT2D eigenvalue weighted by Gasteiger charge is -2.19. The van der Waals surface area contributed by atoms with Crippen molar-refractivity contribution in [3.8, 4) is 18.2 Å². The molecule has 1 aromatic carbocycles. The van der Waals surface area contributed by atoms with Gasteiger partial charge in [-0.2, -0.15) is 15.8 Å². The molecule has 0 aliphatic carbocycles. The molecule has 0 heterocycles. The molecule has 0 atom stereocenters. The van der Waals surface area contributed by atoms with Gasteiger partial charge in [-0.15, -0.1) is 0 Å². The summed E-state index contributed by atoms with van der Waals surface area (Å²) in [5.41, 5.74) is 2.11. The molecule has 16 heavy (non-hydrogen) atoms. The molecule has 0 amide bonds. The van der Waals surface area contributed by atoms with Crippen LogP contribution < -0.4 is 4.90 Å². The Kier molecular flexibility index (Phi) is 3.90. The van der Waals surface area contributed by atoms with Crippen molar-refractivity contribution in [3.63, 3.8) is 0 Å². The van der Waals surface area contributed by atoms with Crippen LogP contribution in [0.4, 0.5) is 5.69 Å². The van der Waals surface area contributed by atoms with Gasteiger partial charge >= 0.3 is 0 Å². The van der Waals surface area contributed by atoms with Crippen molar-refractivity contribution in [2.24, 2.45) is 0 Å². The van der Waals surface area contributed by atoms with Crippen LogP contribution in [0.1, 0.15) is 11.1 Å². The molecular formula is C12H10N4. The summed E-state index contributed by atoms with van der Waals surface area (Å²) in [5.74, 6) is 0. The van der Waals surface area contributed by atoms with E-state index in [2.05, 4.69) is 6.07 Å². The molecule has 0 aliphatic rings. The highest BCUT2D eigenvalue weighted by Crippen LogP contribution is 2.20. The van der Waals surface area contributed by atoms with E-state index in [1.54, 1.807) is 17.0 Å². The first-order valence-electron chi connectivity index (χ1n) is 4.72. The molecule has 0 radical (unpaired) electrons. The van der Waals surface area contributed by atoms with Crippen LogP contribution in [-0.4, -0.2) is 13.1 Å². The normalized spacial score (nSPS) is 8.62. The SMILES string of the molecule is Cc1ccc(N(CC#N)CC#N)c(C#N)c1. The van der Waals surface area contributed by atoms with Gasteiger partial charge in [0.05, 0.1) is 23.4 Å². The maximum absolute atomic E-state index is 8.99. The maximum Gasteiger partial charge on any atom is 0.107 e. The summed E-state index contributed by atoms with van der Waals surface area (Å²) in [7, 11) is 0. The van der Waals surface area contributed by atoms with E-state index in [0.717, 1.165) is 5.56 Å². The minimum atomic E-state index is 0.102. The third-order valence-electron chi connectivity index (χ3n) is 2.14. The summed E-state index contributed by atoms with van der Waals surface area (Å²) in [4.78, 5) is 1.58. The van der Waals surface area contributed by atoms with Gasteiger partial charge < -0.3 is 4.90 Å². The summed E-state index contributed by atoms with van der Waals surface area (Å²) >= 11 is 0. The van der Waals surface area contributed by atoms with E-state index in [9.17, 15) is 0 Å². The zero-order valence-electron chi connectivity index (χ0n) is 8.94. The highest BCUT2D eigenvalue weighted by atomic mass is 15.1. The Morgan fingerprint density at radius 2 is 1.75 bits per heavy atom. The van der Waals surface area contributed by atoms with Gasteiger partial charge in [-0.1, -0.05) is 6.07 Å². The van der Waals surface area contributed by atoms with Crippen LogP contribution in [0.3, 0.4) is 0 Å². The fourth-order valence-electron chi connectivity index (χ4n) is 1.41. The lowest BCUT2D eigenvalue weighted by molar-refractivity contribution is 0.963. The second-order valence-electron chi connectivity index (χ2n) is 3.30. The zero-order valence-corrected chi connectivity index (χ0v) is 8.94. The standard InChI is InChI=1S/C12H10N4/c1-10-2-3-12(11(8-10)9-15)16(6-4-13)7-5-14/h2-3,8H,6-7H2,1H3. The molecule has 0 fully saturated rings. The first kappa shape index (κ1) is 11.6. The predicted octanol–water partition coefficient (Wildman–Crippen LogP) is 1.72. The summed E-state index contributed by atoms with van der Waals surface area (Å²) in [5, 5.41) is 26.3. The number of hydrogen-bond donors (Lipinski definition) is 0. The van der Waals surface area contributed by atoms with Crippen LogP contribution in [0.5, 0.6) is 0 Å². The number of benzene rings is 1. The third-order valence-corrected chi connectivity index (χ3v) is 2.14.